The molecule has 1 rings (SSSR count). The van der Waals surface area contributed by atoms with Gasteiger partial charge in [-0.05, 0) is 37.6 Å². The molecule has 1 aromatic carbocycles. The molecule has 0 radical (unpaired) electrons. The van der Waals surface area contributed by atoms with Crippen molar-refractivity contribution in [3.8, 4) is 29.1 Å². The van der Waals surface area contributed by atoms with Crippen molar-refractivity contribution in [1.29, 1.82) is 0 Å². The second-order valence-electron chi connectivity index (χ2n) is 3.89. The predicted molar refractivity (Wildman–Crippen MR) is 75.9 cm³/mol. The average Bonchev–Trinajstić information content (AvgIpc) is 2.44. The van der Waals surface area contributed by atoms with E-state index in [1.807, 2.05) is 19.1 Å². The Morgan fingerprint density at radius 1 is 1.16 bits per heavy atom. The van der Waals surface area contributed by atoms with E-state index in [9.17, 15) is 0 Å². The maximum absolute atomic E-state index is 5.70. The number of hydrogen-bond donors (Lipinski definition) is 1. The fourth-order valence-electron chi connectivity index (χ4n) is 1.72. The van der Waals surface area contributed by atoms with Gasteiger partial charge in [0.25, 0.3) is 0 Å². The van der Waals surface area contributed by atoms with Gasteiger partial charge >= 0.3 is 0 Å². The number of benzene rings is 1. The summed E-state index contributed by atoms with van der Waals surface area (Å²) in [7, 11) is 3.22. The summed E-state index contributed by atoms with van der Waals surface area (Å²) < 4.78 is 16.4. The van der Waals surface area contributed by atoms with Crippen LogP contribution in [-0.4, -0.2) is 27.4 Å². The smallest absolute Gasteiger partial charge is 0.203 e. The van der Waals surface area contributed by atoms with E-state index in [2.05, 4.69) is 11.8 Å². The Kier molecular flexibility index (Phi) is 6.62. The maximum atomic E-state index is 5.70. The highest BCUT2D eigenvalue weighted by Crippen LogP contribution is 2.38. The highest BCUT2D eigenvalue weighted by molar-refractivity contribution is 5.54. The van der Waals surface area contributed by atoms with E-state index in [0.717, 1.165) is 12.0 Å². The van der Waals surface area contributed by atoms with Gasteiger partial charge in [-0.1, -0.05) is 0 Å². The van der Waals surface area contributed by atoms with Crippen LogP contribution in [0, 0.1) is 11.8 Å². The van der Waals surface area contributed by atoms with E-state index in [0.29, 0.717) is 36.8 Å². The van der Waals surface area contributed by atoms with Gasteiger partial charge in [-0.25, -0.2) is 0 Å². The minimum atomic E-state index is 0.504. The first kappa shape index (κ1) is 15.2. The third-order valence-electron chi connectivity index (χ3n) is 2.60. The Bertz CT molecular complexity index is 435. The van der Waals surface area contributed by atoms with Crippen LogP contribution in [0.25, 0.3) is 0 Å². The Hall–Kier alpha value is -1.86. The van der Waals surface area contributed by atoms with Crippen molar-refractivity contribution in [3.05, 3.63) is 17.7 Å². The van der Waals surface area contributed by atoms with Gasteiger partial charge in [-0.2, -0.15) is 0 Å². The molecule has 19 heavy (non-hydrogen) atoms. The Morgan fingerprint density at radius 2 is 1.79 bits per heavy atom. The largest absolute Gasteiger partial charge is 0.493 e. The van der Waals surface area contributed by atoms with Gasteiger partial charge in [0.05, 0.1) is 20.8 Å². The van der Waals surface area contributed by atoms with Crippen LogP contribution in [0.15, 0.2) is 12.1 Å². The summed E-state index contributed by atoms with van der Waals surface area (Å²) in [5, 5.41) is 0. The van der Waals surface area contributed by atoms with Gasteiger partial charge in [0.2, 0.25) is 5.75 Å². The van der Waals surface area contributed by atoms with Crippen molar-refractivity contribution in [3.63, 3.8) is 0 Å². The van der Waals surface area contributed by atoms with Crippen LogP contribution in [0.2, 0.25) is 0 Å². The summed E-state index contributed by atoms with van der Waals surface area (Å²) in [5.74, 6) is 7.72. The minimum absolute atomic E-state index is 0.504. The second-order valence-corrected chi connectivity index (χ2v) is 3.89. The average molecular weight is 263 g/mol. The zero-order chi connectivity index (χ0) is 14.1. The van der Waals surface area contributed by atoms with E-state index < -0.39 is 0 Å². The van der Waals surface area contributed by atoms with Crippen LogP contribution in [0.5, 0.6) is 17.2 Å². The molecule has 0 atom stereocenters. The lowest BCUT2D eigenvalue weighted by Gasteiger charge is -2.15. The van der Waals surface area contributed by atoms with Crippen molar-refractivity contribution in [2.24, 2.45) is 5.73 Å². The van der Waals surface area contributed by atoms with Crippen LogP contribution >= 0.6 is 0 Å². The van der Waals surface area contributed by atoms with E-state index in [-0.39, 0.29) is 0 Å². The minimum Gasteiger partial charge on any atom is -0.493 e. The fraction of sp³-hybridized carbons (Fsp3) is 0.467. The van der Waals surface area contributed by atoms with Crippen LogP contribution in [0.1, 0.15) is 18.9 Å². The molecule has 0 heterocycles. The van der Waals surface area contributed by atoms with Gasteiger partial charge in [-0.3, -0.25) is 0 Å². The van der Waals surface area contributed by atoms with Gasteiger partial charge in [-0.15, -0.1) is 11.8 Å². The lowest BCUT2D eigenvalue weighted by Crippen LogP contribution is -2.05. The molecular weight excluding hydrogens is 242 g/mol. The Morgan fingerprint density at radius 3 is 2.26 bits per heavy atom. The molecule has 0 spiro atoms. The molecule has 0 aliphatic rings. The normalized spacial score (nSPS) is 9.47. The van der Waals surface area contributed by atoms with Gasteiger partial charge < -0.3 is 19.9 Å². The summed E-state index contributed by atoms with van der Waals surface area (Å²) in [5.41, 5.74) is 6.63. The van der Waals surface area contributed by atoms with Crippen LogP contribution in [-0.2, 0) is 6.42 Å². The first-order chi connectivity index (χ1) is 9.26. The zero-order valence-electron chi connectivity index (χ0n) is 11.8. The lowest BCUT2D eigenvalue weighted by atomic mass is 10.1. The number of hydrogen-bond acceptors (Lipinski definition) is 4. The third kappa shape index (κ3) is 4.38. The van der Waals surface area contributed by atoms with Gasteiger partial charge in [0.15, 0.2) is 11.5 Å². The molecule has 4 heteroatoms. The number of methoxy groups -OCH3 is 2. The highest BCUT2D eigenvalue weighted by atomic mass is 16.5. The quantitative estimate of drug-likeness (QED) is 0.604. The first-order valence-corrected chi connectivity index (χ1v) is 6.24. The molecule has 4 nitrogen and oxygen atoms in total. The summed E-state index contributed by atoms with van der Waals surface area (Å²) >= 11 is 0. The molecule has 0 aliphatic carbocycles. The molecular formula is C15H21NO3. The van der Waals surface area contributed by atoms with Gasteiger partial charge in [0.1, 0.15) is 0 Å². The molecule has 2 N–H and O–H groups in total. The van der Waals surface area contributed by atoms with E-state index in [4.69, 9.17) is 19.9 Å². The van der Waals surface area contributed by atoms with Crippen LogP contribution < -0.4 is 19.9 Å². The predicted octanol–water partition coefficient (Wildman–Crippen LogP) is 2.00. The molecule has 1 aromatic rings. The second kappa shape index (κ2) is 8.28. The number of nitrogens with two attached hydrogens (primary N) is 1. The molecule has 0 aliphatic heterocycles. The van der Waals surface area contributed by atoms with Crippen LogP contribution in [0.4, 0.5) is 0 Å². The number of rotatable bonds is 7. The third-order valence-corrected chi connectivity index (χ3v) is 2.60. The lowest BCUT2D eigenvalue weighted by molar-refractivity contribution is 0.280. The molecule has 0 fully saturated rings. The summed E-state index contributed by atoms with van der Waals surface area (Å²) in [6, 6.07) is 3.85. The molecule has 0 saturated heterocycles. The van der Waals surface area contributed by atoms with E-state index in [1.165, 1.54) is 0 Å². The molecule has 0 aromatic heterocycles. The summed E-state index contributed by atoms with van der Waals surface area (Å²) in [4.78, 5) is 0. The molecule has 104 valence electrons. The highest BCUT2D eigenvalue weighted by Gasteiger charge is 2.13. The standard InChI is InChI=1S/C15H21NO3/c1-4-5-6-9-19-15-13(17-2)10-12(7-8-16)11-14(15)18-3/h10-11H,6-9,16H2,1-3H3. The molecule has 0 unspecified atom stereocenters. The van der Waals surface area contributed by atoms with Crippen molar-refractivity contribution < 1.29 is 14.2 Å². The Balaban J connectivity index is 2.94. The van der Waals surface area contributed by atoms with Crippen LogP contribution in [0.3, 0.4) is 0 Å². The van der Waals surface area contributed by atoms with E-state index in [1.54, 1.807) is 14.2 Å². The molecule has 0 saturated carbocycles. The van der Waals surface area contributed by atoms with Crippen molar-refractivity contribution in [2.75, 3.05) is 27.4 Å². The molecule has 0 amide bonds. The SMILES string of the molecule is CC#CCCOc1c(OC)cc(CCN)cc1OC. The zero-order valence-corrected chi connectivity index (χ0v) is 11.8. The topological polar surface area (TPSA) is 53.7 Å². The molecule has 0 bridgehead atoms. The number of ether oxygens (including phenoxy) is 3. The van der Waals surface area contributed by atoms with Crippen molar-refractivity contribution in [1.82, 2.24) is 0 Å². The van der Waals surface area contributed by atoms with Crippen molar-refractivity contribution in [2.45, 2.75) is 19.8 Å². The Labute approximate surface area is 114 Å². The van der Waals surface area contributed by atoms with Gasteiger partial charge in [0, 0.05) is 6.42 Å². The maximum Gasteiger partial charge on any atom is 0.203 e. The van der Waals surface area contributed by atoms with Crippen molar-refractivity contribution >= 4 is 0 Å². The van der Waals surface area contributed by atoms with E-state index >= 15 is 0 Å². The monoisotopic (exact) mass is 263 g/mol. The summed E-state index contributed by atoms with van der Waals surface area (Å²) in [6.07, 6.45) is 1.45. The fourth-order valence-corrected chi connectivity index (χ4v) is 1.72. The summed E-state index contributed by atoms with van der Waals surface area (Å²) in [6.45, 7) is 2.89. The first-order valence-electron chi connectivity index (χ1n) is 6.24.